The summed E-state index contributed by atoms with van der Waals surface area (Å²) in [4.78, 5) is 0. The van der Waals surface area contributed by atoms with E-state index in [1.807, 2.05) is 0 Å². The molecule has 2 saturated heterocycles. The third kappa shape index (κ3) is 2.58. The lowest BCUT2D eigenvalue weighted by Gasteiger charge is -2.25. The molecule has 92 valence electrons. The Kier molecular flexibility index (Phi) is 3.46. The predicted octanol–water partition coefficient (Wildman–Crippen LogP) is 1.71. The minimum absolute atomic E-state index is 0.518. The quantitative estimate of drug-likeness (QED) is 0.793. The van der Waals surface area contributed by atoms with Gasteiger partial charge in [0.2, 0.25) is 0 Å². The Morgan fingerprint density at radius 1 is 0.875 bits per heavy atom. The van der Waals surface area contributed by atoms with Crippen LogP contribution in [0.1, 0.15) is 38.5 Å². The summed E-state index contributed by atoms with van der Waals surface area (Å²) in [6, 6.07) is 1.28. The van der Waals surface area contributed by atoms with E-state index in [4.69, 9.17) is 9.47 Å². The molecule has 3 atom stereocenters. The molecular formula is C13H23NO2. The first-order chi connectivity index (χ1) is 7.93. The number of rotatable bonds is 3. The Bertz CT molecular complexity index is 222. The molecule has 1 N–H and O–H groups in total. The van der Waals surface area contributed by atoms with Gasteiger partial charge in [-0.05, 0) is 44.4 Å². The van der Waals surface area contributed by atoms with E-state index in [0.717, 1.165) is 25.7 Å². The fourth-order valence-corrected chi connectivity index (χ4v) is 3.05. The van der Waals surface area contributed by atoms with Crippen molar-refractivity contribution in [2.75, 3.05) is 19.8 Å². The van der Waals surface area contributed by atoms with Crippen LogP contribution in [0.3, 0.4) is 0 Å². The van der Waals surface area contributed by atoms with Gasteiger partial charge in [-0.15, -0.1) is 0 Å². The van der Waals surface area contributed by atoms with Gasteiger partial charge in [0.05, 0.1) is 6.10 Å². The molecule has 3 rings (SSSR count). The summed E-state index contributed by atoms with van der Waals surface area (Å²) >= 11 is 0. The molecule has 3 heteroatoms. The fraction of sp³-hybridized carbons (Fsp3) is 1.00. The Balaban J connectivity index is 1.51. The smallest absolute Gasteiger partial charge is 0.0757 e. The second kappa shape index (κ2) is 5.03. The summed E-state index contributed by atoms with van der Waals surface area (Å²) in [7, 11) is 0. The summed E-state index contributed by atoms with van der Waals surface area (Å²) in [5.74, 6) is 0.863. The van der Waals surface area contributed by atoms with Crippen LogP contribution in [0.25, 0.3) is 0 Å². The van der Waals surface area contributed by atoms with Crippen LogP contribution in [0.2, 0.25) is 0 Å². The van der Waals surface area contributed by atoms with E-state index >= 15 is 0 Å². The lowest BCUT2D eigenvalue weighted by Crippen LogP contribution is -2.44. The summed E-state index contributed by atoms with van der Waals surface area (Å²) in [5.41, 5.74) is 0. The normalized spacial score (nSPS) is 40.9. The van der Waals surface area contributed by atoms with Crippen LogP contribution in [-0.4, -0.2) is 38.0 Å². The van der Waals surface area contributed by atoms with Crippen molar-refractivity contribution in [3.05, 3.63) is 0 Å². The van der Waals surface area contributed by atoms with Gasteiger partial charge in [-0.1, -0.05) is 0 Å². The van der Waals surface area contributed by atoms with E-state index in [0.29, 0.717) is 18.2 Å². The van der Waals surface area contributed by atoms with Crippen molar-refractivity contribution in [1.82, 2.24) is 5.32 Å². The first-order valence-electron chi connectivity index (χ1n) is 6.89. The van der Waals surface area contributed by atoms with Gasteiger partial charge in [-0.25, -0.2) is 0 Å². The standard InChI is InChI=1S/C13H23NO2/c1-2-11(5-8-15-7-1)14-12-6-9-16-13(12)10-3-4-10/h10-14H,1-9H2. The summed E-state index contributed by atoms with van der Waals surface area (Å²) < 4.78 is 11.4. The van der Waals surface area contributed by atoms with Crippen LogP contribution in [0, 0.1) is 5.92 Å². The number of hydrogen-bond acceptors (Lipinski definition) is 3. The molecule has 0 amide bonds. The Morgan fingerprint density at radius 2 is 1.81 bits per heavy atom. The molecule has 0 aromatic carbocycles. The molecule has 16 heavy (non-hydrogen) atoms. The van der Waals surface area contributed by atoms with E-state index in [9.17, 15) is 0 Å². The molecule has 0 aromatic heterocycles. The van der Waals surface area contributed by atoms with Crippen molar-refractivity contribution >= 4 is 0 Å². The van der Waals surface area contributed by atoms with E-state index in [2.05, 4.69) is 5.32 Å². The largest absolute Gasteiger partial charge is 0.381 e. The van der Waals surface area contributed by atoms with Crippen LogP contribution in [0.5, 0.6) is 0 Å². The Hall–Kier alpha value is -0.120. The van der Waals surface area contributed by atoms with Crippen molar-refractivity contribution in [1.29, 1.82) is 0 Å². The second-order valence-electron chi connectivity index (χ2n) is 5.47. The van der Waals surface area contributed by atoms with E-state index in [1.54, 1.807) is 0 Å². The highest BCUT2D eigenvalue weighted by molar-refractivity contribution is 4.94. The van der Waals surface area contributed by atoms with Crippen LogP contribution in [0.4, 0.5) is 0 Å². The van der Waals surface area contributed by atoms with Gasteiger partial charge in [0.1, 0.15) is 0 Å². The van der Waals surface area contributed by atoms with Gasteiger partial charge in [0.15, 0.2) is 0 Å². The van der Waals surface area contributed by atoms with Crippen molar-refractivity contribution in [2.45, 2.75) is 56.7 Å². The lowest BCUT2D eigenvalue weighted by molar-refractivity contribution is 0.0779. The van der Waals surface area contributed by atoms with Gasteiger partial charge in [-0.3, -0.25) is 0 Å². The maximum Gasteiger partial charge on any atom is 0.0757 e. The third-order valence-electron chi connectivity index (χ3n) is 4.12. The zero-order valence-electron chi connectivity index (χ0n) is 9.99. The monoisotopic (exact) mass is 225 g/mol. The highest BCUT2D eigenvalue weighted by atomic mass is 16.5. The fourth-order valence-electron chi connectivity index (χ4n) is 3.05. The van der Waals surface area contributed by atoms with Crippen molar-refractivity contribution in [3.63, 3.8) is 0 Å². The molecule has 2 aliphatic heterocycles. The topological polar surface area (TPSA) is 30.5 Å². The van der Waals surface area contributed by atoms with Crippen molar-refractivity contribution < 1.29 is 9.47 Å². The van der Waals surface area contributed by atoms with Gasteiger partial charge < -0.3 is 14.8 Å². The summed E-state index contributed by atoms with van der Waals surface area (Å²) in [6.07, 6.45) is 8.15. The van der Waals surface area contributed by atoms with Gasteiger partial charge in [0, 0.05) is 31.9 Å². The molecule has 0 radical (unpaired) electrons. The second-order valence-corrected chi connectivity index (χ2v) is 5.47. The first kappa shape index (κ1) is 11.0. The molecular weight excluding hydrogens is 202 g/mol. The van der Waals surface area contributed by atoms with Gasteiger partial charge in [-0.2, -0.15) is 0 Å². The Labute approximate surface area is 97.9 Å². The van der Waals surface area contributed by atoms with E-state index < -0.39 is 0 Å². The molecule has 0 aromatic rings. The zero-order chi connectivity index (χ0) is 10.8. The molecule has 3 unspecified atom stereocenters. The molecule has 2 heterocycles. The highest BCUT2D eigenvalue weighted by Gasteiger charge is 2.41. The van der Waals surface area contributed by atoms with Crippen molar-refractivity contribution in [3.8, 4) is 0 Å². The van der Waals surface area contributed by atoms with Crippen LogP contribution < -0.4 is 5.32 Å². The van der Waals surface area contributed by atoms with Gasteiger partial charge in [0.25, 0.3) is 0 Å². The van der Waals surface area contributed by atoms with E-state index in [-0.39, 0.29) is 0 Å². The third-order valence-corrected chi connectivity index (χ3v) is 4.12. The number of hydrogen-bond donors (Lipinski definition) is 1. The summed E-state index contributed by atoms with van der Waals surface area (Å²) in [5, 5.41) is 3.82. The molecule has 3 nitrogen and oxygen atoms in total. The van der Waals surface area contributed by atoms with Crippen LogP contribution in [-0.2, 0) is 9.47 Å². The Morgan fingerprint density at radius 3 is 2.69 bits per heavy atom. The number of ether oxygens (including phenoxy) is 2. The average Bonchev–Trinajstić information content (AvgIpc) is 3.07. The molecule has 1 saturated carbocycles. The van der Waals surface area contributed by atoms with Crippen LogP contribution >= 0.6 is 0 Å². The van der Waals surface area contributed by atoms with Crippen LogP contribution in [0.15, 0.2) is 0 Å². The predicted molar refractivity (Wildman–Crippen MR) is 62.5 cm³/mol. The van der Waals surface area contributed by atoms with Crippen molar-refractivity contribution in [2.24, 2.45) is 5.92 Å². The SMILES string of the molecule is C1COCCC(NC2CCOC2C2CC2)C1. The molecule has 0 bridgehead atoms. The highest BCUT2D eigenvalue weighted by Crippen LogP contribution is 2.39. The van der Waals surface area contributed by atoms with Gasteiger partial charge >= 0.3 is 0 Å². The lowest BCUT2D eigenvalue weighted by atomic mass is 10.0. The molecule has 0 spiro atoms. The zero-order valence-corrected chi connectivity index (χ0v) is 9.99. The molecule has 3 aliphatic rings. The maximum atomic E-state index is 5.87. The molecule has 1 aliphatic carbocycles. The first-order valence-corrected chi connectivity index (χ1v) is 6.89. The number of nitrogens with one attached hydrogen (secondary N) is 1. The average molecular weight is 225 g/mol. The minimum Gasteiger partial charge on any atom is -0.381 e. The van der Waals surface area contributed by atoms with E-state index in [1.165, 1.54) is 38.5 Å². The minimum atomic E-state index is 0.518. The molecule has 3 fully saturated rings. The summed E-state index contributed by atoms with van der Waals surface area (Å²) in [6.45, 7) is 2.84. The maximum absolute atomic E-state index is 5.87.